The molecule has 0 aromatic carbocycles. The zero-order chi connectivity index (χ0) is 20.6. The summed E-state index contributed by atoms with van der Waals surface area (Å²) in [5.74, 6) is -0.644. The van der Waals surface area contributed by atoms with Gasteiger partial charge in [0.05, 0.1) is 6.10 Å². The molecule has 0 saturated heterocycles. The summed E-state index contributed by atoms with van der Waals surface area (Å²) in [6.07, 6.45) is 7.67. The Hall–Kier alpha value is -2.72. The second-order valence-electron chi connectivity index (χ2n) is 7.01. The van der Waals surface area contributed by atoms with E-state index in [0.29, 0.717) is 6.54 Å². The third kappa shape index (κ3) is 5.88. The Kier molecular flexibility index (Phi) is 7.36. The van der Waals surface area contributed by atoms with Crippen LogP contribution in [0.3, 0.4) is 0 Å². The van der Waals surface area contributed by atoms with Crippen LogP contribution < -0.4 is 21.1 Å². The Labute approximate surface area is 172 Å². The fourth-order valence-electron chi connectivity index (χ4n) is 3.29. The van der Waals surface area contributed by atoms with Crippen molar-refractivity contribution in [2.75, 3.05) is 11.9 Å². The number of aromatic nitrogens is 2. The number of urea groups is 1. The van der Waals surface area contributed by atoms with Crippen molar-refractivity contribution in [2.45, 2.75) is 44.8 Å². The zero-order valence-electron chi connectivity index (χ0n) is 16.0. The molecular weight excluding hydrogens is 394 g/mol. The van der Waals surface area contributed by atoms with E-state index in [4.69, 9.17) is 10.5 Å². The van der Waals surface area contributed by atoms with Gasteiger partial charge in [0.2, 0.25) is 5.88 Å². The molecule has 1 aliphatic carbocycles. The van der Waals surface area contributed by atoms with Gasteiger partial charge in [-0.15, -0.1) is 0 Å². The summed E-state index contributed by atoms with van der Waals surface area (Å²) in [6.45, 7) is 0.533. The average Bonchev–Trinajstić information content (AvgIpc) is 2.99. The number of rotatable bonds is 7. The second-order valence-corrected chi connectivity index (χ2v) is 7.78. The maximum Gasteiger partial charge on any atom is 0.319 e. The summed E-state index contributed by atoms with van der Waals surface area (Å²) < 4.78 is 9.68. The predicted molar refractivity (Wildman–Crippen MR) is 109 cm³/mol. The number of pyridine rings is 1. The summed E-state index contributed by atoms with van der Waals surface area (Å²) in [5, 5.41) is 15.8. The van der Waals surface area contributed by atoms with E-state index in [1.54, 1.807) is 18.5 Å². The third-order valence-corrected chi connectivity index (χ3v) is 5.62. The average molecular weight is 420 g/mol. The van der Waals surface area contributed by atoms with Gasteiger partial charge in [-0.1, -0.05) is 25.3 Å². The number of carbonyl (C=O) groups is 2. The van der Waals surface area contributed by atoms with E-state index < -0.39 is 18.0 Å². The van der Waals surface area contributed by atoms with Gasteiger partial charge in [-0.25, -0.2) is 4.79 Å². The quantitative estimate of drug-likeness (QED) is 0.508. The van der Waals surface area contributed by atoms with Gasteiger partial charge in [-0.3, -0.25) is 15.1 Å². The molecule has 0 spiro atoms. The van der Waals surface area contributed by atoms with Gasteiger partial charge in [-0.2, -0.15) is 4.37 Å². The maximum atomic E-state index is 12.3. The first-order valence-corrected chi connectivity index (χ1v) is 10.4. The van der Waals surface area contributed by atoms with Crippen LogP contribution in [0, 0.1) is 5.92 Å². The lowest BCUT2D eigenvalue weighted by Crippen LogP contribution is -2.37. The molecule has 3 rings (SSSR count). The van der Waals surface area contributed by atoms with E-state index in [0.717, 1.165) is 49.2 Å². The van der Waals surface area contributed by atoms with Gasteiger partial charge in [0.25, 0.3) is 5.91 Å². The molecule has 0 unspecified atom stereocenters. The number of amides is 3. The SMILES string of the molecule is NC(=O)c1c(OCc2cccnc2)nsc1NC(=O)NC[C@H]1CCCCC[C@H]1O. The van der Waals surface area contributed by atoms with Crippen molar-refractivity contribution >= 4 is 28.5 Å². The largest absolute Gasteiger partial charge is 0.472 e. The predicted octanol–water partition coefficient (Wildman–Crippen LogP) is 2.28. The number of aliphatic hydroxyl groups is 1. The summed E-state index contributed by atoms with van der Waals surface area (Å²) in [7, 11) is 0. The van der Waals surface area contributed by atoms with Crippen LogP contribution in [0.1, 0.15) is 48.0 Å². The monoisotopic (exact) mass is 419 g/mol. The van der Waals surface area contributed by atoms with Gasteiger partial charge >= 0.3 is 6.03 Å². The Balaban J connectivity index is 1.58. The fraction of sp³-hybridized carbons (Fsp3) is 0.474. The van der Waals surface area contributed by atoms with Crippen LogP contribution in [0.4, 0.5) is 9.80 Å². The zero-order valence-corrected chi connectivity index (χ0v) is 16.8. The first-order chi connectivity index (χ1) is 14.0. The lowest BCUT2D eigenvalue weighted by atomic mass is 9.97. The van der Waals surface area contributed by atoms with Crippen LogP contribution in [0.15, 0.2) is 24.5 Å². The van der Waals surface area contributed by atoms with Crippen LogP contribution in [-0.4, -0.2) is 39.1 Å². The van der Waals surface area contributed by atoms with Gasteiger partial charge in [0.15, 0.2) is 0 Å². The Morgan fingerprint density at radius 2 is 2.14 bits per heavy atom. The molecule has 1 aliphatic rings. The van der Waals surface area contributed by atoms with E-state index in [2.05, 4.69) is 20.0 Å². The summed E-state index contributed by atoms with van der Waals surface area (Å²) >= 11 is 0.921. The van der Waals surface area contributed by atoms with E-state index >= 15 is 0 Å². The van der Waals surface area contributed by atoms with Crippen molar-refractivity contribution in [1.82, 2.24) is 14.7 Å². The third-order valence-electron chi connectivity index (χ3n) is 4.88. The molecule has 9 nitrogen and oxygen atoms in total. The number of primary amides is 1. The van der Waals surface area contributed by atoms with E-state index in [1.165, 1.54) is 0 Å². The van der Waals surface area contributed by atoms with Crippen molar-refractivity contribution in [2.24, 2.45) is 11.7 Å². The molecular formula is C19H25N5O4S. The number of anilines is 1. The molecule has 156 valence electrons. The van der Waals surface area contributed by atoms with Crippen molar-refractivity contribution in [3.8, 4) is 5.88 Å². The molecule has 5 N–H and O–H groups in total. The van der Waals surface area contributed by atoms with Crippen molar-refractivity contribution in [3.63, 3.8) is 0 Å². The van der Waals surface area contributed by atoms with Crippen LogP contribution in [-0.2, 0) is 6.61 Å². The Morgan fingerprint density at radius 1 is 1.31 bits per heavy atom. The summed E-state index contributed by atoms with van der Waals surface area (Å²) in [4.78, 5) is 28.2. The van der Waals surface area contributed by atoms with E-state index in [1.807, 2.05) is 6.07 Å². The number of carbonyl (C=O) groups excluding carboxylic acids is 2. The van der Waals surface area contributed by atoms with Gasteiger partial charge in [0, 0.05) is 30.4 Å². The molecule has 29 heavy (non-hydrogen) atoms. The second kappa shape index (κ2) is 10.2. The van der Waals surface area contributed by atoms with Crippen molar-refractivity contribution < 1.29 is 19.4 Å². The molecule has 3 amide bonds. The molecule has 0 bridgehead atoms. The van der Waals surface area contributed by atoms with Gasteiger partial charge < -0.3 is 20.9 Å². The van der Waals surface area contributed by atoms with Crippen molar-refractivity contribution in [1.29, 1.82) is 0 Å². The standard InChI is InChI=1S/C19H25N5O4S/c20-16(26)15-17(28-11-12-5-4-8-21-9-12)24-29-18(15)23-19(27)22-10-13-6-2-1-3-7-14(13)25/h4-5,8-9,13-14,25H,1-3,6-7,10-11H2,(H2,20,26)(H2,22,23,27)/t13-,14-/m1/s1. The fourth-order valence-corrected chi connectivity index (χ4v) is 4.02. The number of hydrogen-bond donors (Lipinski definition) is 4. The molecule has 1 saturated carbocycles. The molecule has 10 heteroatoms. The highest BCUT2D eigenvalue weighted by molar-refractivity contribution is 7.11. The molecule has 0 aliphatic heterocycles. The van der Waals surface area contributed by atoms with Crippen LogP contribution in [0.2, 0.25) is 0 Å². The first kappa shape index (κ1) is 21.0. The van der Waals surface area contributed by atoms with E-state index in [-0.39, 0.29) is 29.0 Å². The summed E-state index contributed by atoms with van der Waals surface area (Å²) in [6, 6.07) is 3.13. The minimum absolute atomic E-state index is 0.0266. The number of nitrogens with zero attached hydrogens (tertiary/aromatic N) is 2. The smallest absolute Gasteiger partial charge is 0.319 e. The van der Waals surface area contributed by atoms with Crippen LogP contribution in [0.25, 0.3) is 0 Å². The normalized spacial score (nSPS) is 19.2. The highest BCUT2D eigenvalue weighted by Crippen LogP contribution is 2.30. The molecule has 2 aromatic heterocycles. The highest BCUT2D eigenvalue weighted by atomic mass is 32.1. The Morgan fingerprint density at radius 3 is 2.90 bits per heavy atom. The molecule has 2 heterocycles. The lowest BCUT2D eigenvalue weighted by molar-refractivity contribution is 0.0996. The number of nitrogens with two attached hydrogens (primary N) is 1. The highest BCUT2D eigenvalue weighted by Gasteiger charge is 2.24. The maximum absolute atomic E-state index is 12.3. The molecule has 1 fully saturated rings. The number of hydrogen-bond acceptors (Lipinski definition) is 7. The Bertz CT molecular complexity index is 829. The number of aliphatic hydroxyl groups excluding tert-OH is 1. The number of ether oxygens (including phenoxy) is 1. The lowest BCUT2D eigenvalue weighted by Gasteiger charge is -2.20. The summed E-state index contributed by atoms with van der Waals surface area (Å²) in [5.41, 5.74) is 6.30. The minimum Gasteiger partial charge on any atom is -0.472 e. The van der Waals surface area contributed by atoms with E-state index in [9.17, 15) is 14.7 Å². The topological polar surface area (TPSA) is 139 Å². The first-order valence-electron chi connectivity index (χ1n) is 9.58. The molecule has 2 aromatic rings. The van der Waals surface area contributed by atoms with Crippen LogP contribution in [0.5, 0.6) is 5.88 Å². The van der Waals surface area contributed by atoms with Gasteiger partial charge in [0.1, 0.15) is 17.2 Å². The molecule has 0 radical (unpaired) electrons. The van der Waals surface area contributed by atoms with Crippen LogP contribution >= 0.6 is 11.5 Å². The van der Waals surface area contributed by atoms with Crippen molar-refractivity contribution in [3.05, 3.63) is 35.7 Å². The van der Waals surface area contributed by atoms with Gasteiger partial charge in [-0.05, 0) is 30.4 Å². The number of nitrogens with one attached hydrogen (secondary N) is 2. The molecule has 2 atom stereocenters. The minimum atomic E-state index is -0.741.